The summed E-state index contributed by atoms with van der Waals surface area (Å²) in [6.07, 6.45) is 5.08. The van der Waals surface area contributed by atoms with Crippen LogP contribution in [0.1, 0.15) is 19.8 Å². The first-order chi connectivity index (χ1) is 7.47. The zero-order valence-electron chi connectivity index (χ0n) is 10.2. The molecule has 0 aromatic carbocycles. The van der Waals surface area contributed by atoms with E-state index in [0.29, 0.717) is 12.2 Å². The highest BCUT2D eigenvalue weighted by Gasteiger charge is 2.15. The van der Waals surface area contributed by atoms with E-state index in [4.69, 9.17) is 5.73 Å². The van der Waals surface area contributed by atoms with E-state index < -0.39 is 16.8 Å². The summed E-state index contributed by atoms with van der Waals surface area (Å²) in [6, 6.07) is -0.390. The van der Waals surface area contributed by atoms with Gasteiger partial charge in [0.2, 0.25) is 5.91 Å². The molecule has 0 aliphatic rings. The second kappa shape index (κ2) is 9.01. The first-order valence-corrected chi connectivity index (χ1v) is 8.44. The smallest absolute Gasteiger partial charge is 0.237 e. The molecule has 3 atom stereocenters. The highest BCUT2D eigenvalue weighted by molar-refractivity contribution is 7.98. The Morgan fingerprint density at radius 3 is 2.62 bits per heavy atom. The molecule has 0 aromatic heterocycles. The molecule has 4 nitrogen and oxygen atoms in total. The van der Waals surface area contributed by atoms with Crippen molar-refractivity contribution in [1.82, 2.24) is 5.32 Å². The molecule has 6 heteroatoms. The zero-order chi connectivity index (χ0) is 12.6. The number of hydrogen-bond acceptors (Lipinski definition) is 4. The minimum absolute atomic E-state index is 0.0386. The maximum atomic E-state index is 11.6. The van der Waals surface area contributed by atoms with Crippen molar-refractivity contribution in [3.8, 4) is 0 Å². The number of rotatable bonds is 8. The van der Waals surface area contributed by atoms with Crippen molar-refractivity contribution in [2.75, 3.05) is 24.0 Å². The van der Waals surface area contributed by atoms with Gasteiger partial charge in [0.15, 0.2) is 0 Å². The van der Waals surface area contributed by atoms with Gasteiger partial charge in [-0.3, -0.25) is 9.00 Å². The third-order valence-corrected chi connectivity index (χ3v) is 3.65. The van der Waals surface area contributed by atoms with Gasteiger partial charge in [0.1, 0.15) is 0 Å². The van der Waals surface area contributed by atoms with Crippen molar-refractivity contribution < 1.29 is 9.00 Å². The van der Waals surface area contributed by atoms with Crippen molar-refractivity contribution in [2.24, 2.45) is 5.73 Å². The summed E-state index contributed by atoms with van der Waals surface area (Å²) in [7, 11) is -0.802. The van der Waals surface area contributed by atoms with E-state index in [1.54, 1.807) is 18.0 Å². The molecule has 3 N–H and O–H groups in total. The van der Waals surface area contributed by atoms with Crippen molar-refractivity contribution in [3.63, 3.8) is 0 Å². The fourth-order valence-corrected chi connectivity index (χ4v) is 2.32. The number of thioether (sulfide) groups is 1. The molecule has 96 valence electrons. The van der Waals surface area contributed by atoms with Gasteiger partial charge in [-0.25, -0.2) is 0 Å². The average molecular weight is 266 g/mol. The fourth-order valence-electron chi connectivity index (χ4n) is 1.14. The number of nitrogens with two attached hydrogens (primary N) is 1. The maximum absolute atomic E-state index is 11.6. The van der Waals surface area contributed by atoms with E-state index in [2.05, 4.69) is 5.32 Å². The Morgan fingerprint density at radius 2 is 2.12 bits per heavy atom. The van der Waals surface area contributed by atoms with Crippen LogP contribution in [0.25, 0.3) is 0 Å². The molecule has 0 heterocycles. The lowest BCUT2D eigenvalue weighted by Crippen LogP contribution is -2.45. The highest BCUT2D eigenvalue weighted by atomic mass is 32.2. The van der Waals surface area contributed by atoms with E-state index in [1.165, 1.54) is 0 Å². The van der Waals surface area contributed by atoms with Crippen LogP contribution in [0.15, 0.2) is 0 Å². The van der Waals surface area contributed by atoms with E-state index in [0.717, 1.165) is 12.2 Å². The van der Waals surface area contributed by atoms with Gasteiger partial charge in [-0.05, 0) is 31.8 Å². The van der Waals surface area contributed by atoms with Gasteiger partial charge in [0, 0.05) is 28.9 Å². The summed E-state index contributed by atoms with van der Waals surface area (Å²) >= 11 is 1.68. The molecular formula is C10H22N2O2S2. The summed E-state index contributed by atoms with van der Waals surface area (Å²) in [5, 5.41) is 2.84. The highest BCUT2D eigenvalue weighted by Crippen LogP contribution is 2.00. The molecule has 0 saturated heterocycles. The monoisotopic (exact) mass is 266 g/mol. The van der Waals surface area contributed by atoms with Crippen LogP contribution in [0.3, 0.4) is 0 Å². The molecule has 2 unspecified atom stereocenters. The average Bonchev–Trinajstić information content (AvgIpc) is 2.22. The lowest BCUT2D eigenvalue weighted by atomic mass is 10.2. The normalized spacial score (nSPS) is 16.5. The van der Waals surface area contributed by atoms with Crippen molar-refractivity contribution in [3.05, 3.63) is 0 Å². The number of carbonyl (C=O) groups is 1. The third kappa shape index (κ3) is 8.13. The Bertz CT molecular complexity index is 237. The van der Waals surface area contributed by atoms with E-state index in [9.17, 15) is 9.00 Å². The largest absolute Gasteiger partial charge is 0.352 e. The molecule has 1 amide bonds. The summed E-state index contributed by atoms with van der Waals surface area (Å²) < 4.78 is 10.9. The summed E-state index contributed by atoms with van der Waals surface area (Å²) in [5.41, 5.74) is 5.72. The fraction of sp³-hybridized carbons (Fsp3) is 0.900. The molecule has 0 spiro atoms. The second-order valence-corrected chi connectivity index (χ2v) is 6.40. The SMILES string of the molecule is CSCC[C@H](N)C(=O)NC(C)CCS(C)=O. The summed E-state index contributed by atoms with van der Waals surface area (Å²) in [5.74, 6) is 1.40. The van der Waals surface area contributed by atoms with Gasteiger partial charge in [-0.15, -0.1) is 0 Å². The molecule has 0 bridgehead atoms. The predicted octanol–water partition coefficient (Wildman–Crippen LogP) is 0.340. The van der Waals surface area contributed by atoms with Gasteiger partial charge in [-0.2, -0.15) is 11.8 Å². The lowest BCUT2D eigenvalue weighted by molar-refractivity contribution is -0.123. The van der Waals surface area contributed by atoms with Crippen LogP contribution in [0.2, 0.25) is 0 Å². The minimum atomic E-state index is -0.802. The van der Waals surface area contributed by atoms with Crippen LogP contribution in [0.5, 0.6) is 0 Å². The van der Waals surface area contributed by atoms with Crippen LogP contribution in [0, 0.1) is 0 Å². The molecule has 0 aromatic rings. The van der Waals surface area contributed by atoms with Crippen LogP contribution >= 0.6 is 11.8 Å². The van der Waals surface area contributed by atoms with Gasteiger partial charge in [-0.1, -0.05) is 0 Å². The van der Waals surface area contributed by atoms with Crippen LogP contribution in [-0.4, -0.2) is 46.2 Å². The van der Waals surface area contributed by atoms with E-state index >= 15 is 0 Å². The quantitative estimate of drug-likeness (QED) is 0.664. The van der Waals surface area contributed by atoms with E-state index in [1.807, 2.05) is 13.2 Å². The van der Waals surface area contributed by atoms with Gasteiger partial charge >= 0.3 is 0 Å². The van der Waals surface area contributed by atoms with Crippen LogP contribution in [-0.2, 0) is 15.6 Å². The summed E-state index contributed by atoms with van der Waals surface area (Å²) in [6.45, 7) is 1.91. The van der Waals surface area contributed by atoms with Crippen molar-refractivity contribution in [1.29, 1.82) is 0 Å². The molecule has 0 aliphatic carbocycles. The second-order valence-electron chi connectivity index (χ2n) is 3.86. The number of nitrogens with one attached hydrogen (secondary N) is 1. The molecular weight excluding hydrogens is 244 g/mol. The molecule has 0 fully saturated rings. The Hall–Kier alpha value is -0.0700. The lowest BCUT2D eigenvalue weighted by Gasteiger charge is -2.16. The number of hydrogen-bond donors (Lipinski definition) is 2. The van der Waals surface area contributed by atoms with Gasteiger partial charge in [0.05, 0.1) is 6.04 Å². The number of amides is 1. The Balaban J connectivity index is 3.80. The third-order valence-electron chi connectivity index (χ3n) is 2.20. The molecule has 0 saturated carbocycles. The maximum Gasteiger partial charge on any atom is 0.237 e. The predicted molar refractivity (Wildman–Crippen MR) is 72.1 cm³/mol. The first kappa shape index (κ1) is 15.9. The Morgan fingerprint density at radius 1 is 1.50 bits per heavy atom. The summed E-state index contributed by atoms with van der Waals surface area (Å²) in [4.78, 5) is 11.6. The molecule has 0 aliphatic heterocycles. The minimum Gasteiger partial charge on any atom is -0.352 e. The molecule has 0 radical (unpaired) electrons. The van der Waals surface area contributed by atoms with Crippen molar-refractivity contribution >= 4 is 28.5 Å². The zero-order valence-corrected chi connectivity index (χ0v) is 11.8. The molecule has 16 heavy (non-hydrogen) atoms. The number of carbonyl (C=O) groups excluding carboxylic acids is 1. The van der Waals surface area contributed by atoms with Crippen molar-refractivity contribution in [2.45, 2.75) is 31.8 Å². The Labute approximate surface area is 105 Å². The topological polar surface area (TPSA) is 72.2 Å². The first-order valence-electron chi connectivity index (χ1n) is 5.32. The van der Waals surface area contributed by atoms with Gasteiger partial charge in [0.25, 0.3) is 0 Å². The van der Waals surface area contributed by atoms with Crippen LogP contribution in [0.4, 0.5) is 0 Å². The van der Waals surface area contributed by atoms with Crippen LogP contribution < -0.4 is 11.1 Å². The standard InChI is InChI=1S/C10H22N2O2S2/c1-8(5-7-16(3)14)12-10(13)9(11)4-6-15-2/h8-9H,4-7,11H2,1-3H3,(H,12,13)/t8?,9-,16?/m0/s1. The van der Waals surface area contributed by atoms with E-state index in [-0.39, 0.29) is 11.9 Å². The van der Waals surface area contributed by atoms with Gasteiger partial charge < -0.3 is 11.1 Å². The molecule has 0 rings (SSSR count). The Kier molecular flexibility index (Phi) is 8.97.